The molecule has 0 aliphatic carbocycles. The van der Waals surface area contributed by atoms with Gasteiger partial charge >= 0.3 is 6.03 Å². The average Bonchev–Trinajstić information content (AvgIpc) is 3.03. The first kappa shape index (κ1) is 32.8. The normalized spacial score (nSPS) is 20.8. The van der Waals surface area contributed by atoms with E-state index in [1.165, 1.54) is 29.7 Å². The number of carbonyl (C=O) groups excluding carboxylic acids is 4. The van der Waals surface area contributed by atoms with Crippen LogP contribution in [0, 0.1) is 0 Å². The van der Waals surface area contributed by atoms with E-state index in [2.05, 4.69) is 47.0 Å². The number of imide groups is 1. The van der Waals surface area contributed by atoms with Crippen LogP contribution in [0.3, 0.4) is 0 Å². The highest BCUT2D eigenvalue weighted by molar-refractivity contribution is 7.96. The molecular formula is C34H46N6O4S. The van der Waals surface area contributed by atoms with Gasteiger partial charge in [-0.15, -0.1) is 0 Å². The van der Waals surface area contributed by atoms with E-state index in [-0.39, 0.29) is 35.7 Å². The van der Waals surface area contributed by atoms with Crippen molar-refractivity contribution in [2.75, 3.05) is 48.8 Å². The minimum atomic E-state index is -0.490. The van der Waals surface area contributed by atoms with Crippen LogP contribution in [0.25, 0.3) is 0 Å². The molecule has 3 aliphatic rings. The van der Waals surface area contributed by atoms with Gasteiger partial charge in [-0.25, -0.2) is 9.10 Å². The molecule has 3 heterocycles. The third-order valence-electron chi connectivity index (χ3n) is 9.49. The van der Waals surface area contributed by atoms with Gasteiger partial charge in [0.15, 0.2) is 0 Å². The number of anilines is 3. The maximum Gasteiger partial charge on any atom is 0.321 e. The Bertz CT molecular complexity index is 1410. The Morgan fingerprint density at radius 3 is 2.53 bits per heavy atom. The molecule has 0 saturated carbocycles. The summed E-state index contributed by atoms with van der Waals surface area (Å²) < 4.78 is 2.51. The minimum Gasteiger partial charge on any atom is -0.361 e. The molecular weight excluding hydrogens is 588 g/mol. The zero-order valence-corrected chi connectivity index (χ0v) is 27.7. The standard InChI is InChI=1S/C34H46N6O4S/c1-34(2)16-5-6-17-40(34)45-22-24-8-7-9-27(20-24)35-33(44)39-18-14-25(15-19-39)26-10-11-28(30(21-26)37(3)23-41)38(4)29-12-13-31(42)36-32(29)43/h7-11,20-21,23,25,29H,5-6,12-19,22H2,1-4H3,(H,35,44)(H,36,42,43). The summed E-state index contributed by atoms with van der Waals surface area (Å²) in [7, 11) is 3.52. The van der Waals surface area contributed by atoms with Gasteiger partial charge in [0.25, 0.3) is 0 Å². The molecule has 45 heavy (non-hydrogen) atoms. The maximum atomic E-state index is 13.2. The van der Waals surface area contributed by atoms with Crippen molar-refractivity contribution >= 4 is 53.3 Å². The molecule has 11 heteroatoms. The topological polar surface area (TPSA) is 105 Å². The van der Waals surface area contributed by atoms with E-state index >= 15 is 0 Å². The Labute approximate surface area is 271 Å². The number of piperidine rings is 3. The molecule has 0 aromatic heterocycles. The second-order valence-electron chi connectivity index (χ2n) is 13.1. The van der Waals surface area contributed by atoms with Gasteiger partial charge in [0, 0.05) is 57.1 Å². The zero-order chi connectivity index (χ0) is 32.1. The zero-order valence-electron chi connectivity index (χ0n) is 26.9. The third-order valence-corrected chi connectivity index (χ3v) is 10.9. The molecule has 0 bridgehead atoms. The summed E-state index contributed by atoms with van der Waals surface area (Å²) in [6.07, 6.45) is 6.84. The van der Waals surface area contributed by atoms with Gasteiger partial charge in [-0.3, -0.25) is 19.7 Å². The molecule has 3 saturated heterocycles. The number of urea groups is 1. The van der Waals surface area contributed by atoms with Gasteiger partial charge in [0.05, 0.1) is 11.4 Å². The summed E-state index contributed by atoms with van der Waals surface area (Å²) in [4.78, 5) is 54.4. The lowest BCUT2D eigenvalue weighted by atomic mass is 9.88. The highest BCUT2D eigenvalue weighted by atomic mass is 32.2. The van der Waals surface area contributed by atoms with Gasteiger partial charge in [-0.2, -0.15) is 0 Å². The first-order valence-corrected chi connectivity index (χ1v) is 16.9. The van der Waals surface area contributed by atoms with Crippen molar-refractivity contribution in [1.82, 2.24) is 14.5 Å². The van der Waals surface area contributed by atoms with E-state index in [0.717, 1.165) is 48.5 Å². The van der Waals surface area contributed by atoms with Crippen LogP contribution in [0.2, 0.25) is 0 Å². The molecule has 1 atom stereocenters. The average molecular weight is 635 g/mol. The van der Waals surface area contributed by atoms with Crippen molar-refractivity contribution in [2.24, 2.45) is 0 Å². The first-order valence-electron chi connectivity index (χ1n) is 16.0. The summed E-state index contributed by atoms with van der Waals surface area (Å²) in [6, 6.07) is 13.6. The lowest BCUT2D eigenvalue weighted by molar-refractivity contribution is -0.134. The van der Waals surface area contributed by atoms with Crippen LogP contribution in [0.5, 0.6) is 0 Å². The third kappa shape index (κ3) is 7.81. The molecule has 5 rings (SSSR count). The van der Waals surface area contributed by atoms with Crippen molar-refractivity contribution in [3.8, 4) is 0 Å². The molecule has 5 amide bonds. The largest absolute Gasteiger partial charge is 0.361 e. The van der Waals surface area contributed by atoms with Gasteiger partial charge in [-0.1, -0.05) is 36.6 Å². The first-order chi connectivity index (χ1) is 21.6. The number of benzene rings is 2. The van der Waals surface area contributed by atoms with Crippen LogP contribution < -0.4 is 20.4 Å². The van der Waals surface area contributed by atoms with Gasteiger partial charge in [0.2, 0.25) is 18.2 Å². The molecule has 0 spiro atoms. The van der Waals surface area contributed by atoms with E-state index in [9.17, 15) is 19.2 Å². The molecule has 3 aliphatic heterocycles. The maximum absolute atomic E-state index is 13.2. The van der Waals surface area contributed by atoms with Crippen LogP contribution in [-0.2, 0) is 20.1 Å². The molecule has 2 N–H and O–H groups in total. The smallest absolute Gasteiger partial charge is 0.321 e. The number of hydrogen-bond acceptors (Lipinski definition) is 7. The predicted molar refractivity (Wildman–Crippen MR) is 180 cm³/mol. The minimum absolute atomic E-state index is 0.0852. The summed E-state index contributed by atoms with van der Waals surface area (Å²) in [5, 5.41) is 5.52. The van der Waals surface area contributed by atoms with Gasteiger partial charge in [-0.05, 0) is 87.3 Å². The van der Waals surface area contributed by atoms with E-state index in [1.807, 2.05) is 53.1 Å². The SMILES string of the molecule is CN(C=O)c1cc(C2CCN(C(=O)Nc3cccc(CSN4CCCCC4(C)C)c3)CC2)ccc1N(C)C1CCC(=O)NC1=O. The fourth-order valence-electron chi connectivity index (χ4n) is 6.64. The van der Waals surface area contributed by atoms with Crippen molar-refractivity contribution in [3.63, 3.8) is 0 Å². The Morgan fingerprint density at radius 1 is 1.04 bits per heavy atom. The summed E-state index contributed by atoms with van der Waals surface area (Å²) in [6.45, 7) is 7.02. The predicted octanol–water partition coefficient (Wildman–Crippen LogP) is 5.34. The van der Waals surface area contributed by atoms with Crippen LogP contribution >= 0.6 is 11.9 Å². The molecule has 3 fully saturated rings. The molecule has 1 unspecified atom stereocenters. The number of likely N-dealkylation sites (tertiary alicyclic amines) is 1. The molecule has 10 nitrogen and oxygen atoms in total. The van der Waals surface area contributed by atoms with Crippen molar-refractivity contribution in [3.05, 3.63) is 53.6 Å². The van der Waals surface area contributed by atoms with Crippen molar-refractivity contribution in [1.29, 1.82) is 0 Å². The lowest BCUT2D eigenvalue weighted by Gasteiger charge is -2.41. The van der Waals surface area contributed by atoms with Crippen LogP contribution in [0.15, 0.2) is 42.5 Å². The number of rotatable bonds is 9. The van der Waals surface area contributed by atoms with E-state index in [4.69, 9.17) is 0 Å². The van der Waals surface area contributed by atoms with Crippen molar-refractivity contribution < 1.29 is 19.2 Å². The van der Waals surface area contributed by atoms with Crippen LogP contribution in [0.1, 0.15) is 75.8 Å². The monoisotopic (exact) mass is 634 g/mol. The van der Waals surface area contributed by atoms with Crippen LogP contribution in [-0.4, -0.2) is 78.8 Å². The summed E-state index contributed by atoms with van der Waals surface area (Å²) in [5.41, 5.74) is 4.77. The number of nitrogens with one attached hydrogen (secondary N) is 2. The second-order valence-corrected chi connectivity index (χ2v) is 14.1. The number of amides is 5. The Hall–Kier alpha value is -3.57. The number of likely N-dealkylation sites (N-methyl/N-ethyl adjacent to an activating group) is 1. The highest BCUT2D eigenvalue weighted by Crippen LogP contribution is 2.37. The van der Waals surface area contributed by atoms with E-state index < -0.39 is 6.04 Å². The van der Waals surface area contributed by atoms with Gasteiger partial charge in [0.1, 0.15) is 6.04 Å². The fourth-order valence-corrected chi connectivity index (χ4v) is 7.82. The number of nitrogens with zero attached hydrogens (tertiary/aromatic N) is 4. The van der Waals surface area contributed by atoms with Crippen molar-refractivity contribution in [2.45, 2.75) is 82.0 Å². The molecule has 0 radical (unpaired) electrons. The summed E-state index contributed by atoms with van der Waals surface area (Å²) in [5.74, 6) is 0.532. The van der Waals surface area contributed by atoms with E-state index in [0.29, 0.717) is 25.2 Å². The lowest BCUT2D eigenvalue weighted by Crippen LogP contribution is -2.51. The Morgan fingerprint density at radius 2 is 1.82 bits per heavy atom. The fraction of sp³-hybridized carbons (Fsp3) is 0.529. The quantitative estimate of drug-likeness (QED) is 0.218. The number of hydrogen-bond donors (Lipinski definition) is 2. The molecule has 2 aromatic carbocycles. The highest BCUT2D eigenvalue weighted by Gasteiger charge is 2.32. The van der Waals surface area contributed by atoms with E-state index in [1.54, 1.807) is 7.05 Å². The Kier molecular flexibility index (Phi) is 10.4. The number of carbonyl (C=O) groups is 4. The Balaban J connectivity index is 1.18. The van der Waals surface area contributed by atoms with Gasteiger partial charge < -0.3 is 20.0 Å². The summed E-state index contributed by atoms with van der Waals surface area (Å²) >= 11 is 1.88. The second kappa shape index (κ2) is 14.2. The molecule has 2 aromatic rings. The molecule has 242 valence electrons. The van der Waals surface area contributed by atoms with Crippen LogP contribution in [0.4, 0.5) is 21.9 Å².